The third-order valence-corrected chi connectivity index (χ3v) is 6.12. The SMILES string of the molecule is Cc1cc(Br)c(Cc2sc(C)cc2Br)s1. The fourth-order valence-corrected chi connectivity index (χ4v) is 5.17. The van der Waals surface area contributed by atoms with E-state index in [4.69, 9.17) is 0 Å². The lowest BCUT2D eigenvalue weighted by atomic mass is 10.3. The minimum absolute atomic E-state index is 1.03. The fourth-order valence-electron chi connectivity index (χ4n) is 1.45. The Morgan fingerprint density at radius 2 is 1.33 bits per heavy atom. The molecule has 2 rings (SSSR count). The van der Waals surface area contributed by atoms with E-state index in [0.29, 0.717) is 0 Å². The number of aryl methyl sites for hydroxylation is 2. The zero-order valence-corrected chi connectivity index (χ0v) is 13.2. The lowest BCUT2D eigenvalue weighted by molar-refractivity contribution is 1.28. The largest absolute Gasteiger partial charge is 0.144 e. The van der Waals surface area contributed by atoms with Gasteiger partial charge in [0.05, 0.1) is 0 Å². The van der Waals surface area contributed by atoms with E-state index in [1.165, 1.54) is 28.5 Å². The van der Waals surface area contributed by atoms with Gasteiger partial charge in [-0.1, -0.05) is 0 Å². The first-order valence-corrected chi connectivity index (χ1v) is 7.78. The maximum absolute atomic E-state index is 3.61. The van der Waals surface area contributed by atoms with E-state index < -0.39 is 0 Å². The maximum Gasteiger partial charge on any atom is 0.0320 e. The van der Waals surface area contributed by atoms with Crippen molar-refractivity contribution in [1.82, 2.24) is 0 Å². The topological polar surface area (TPSA) is 0 Å². The molecule has 0 nitrogen and oxygen atoms in total. The predicted molar refractivity (Wildman–Crippen MR) is 76.3 cm³/mol. The van der Waals surface area contributed by atoms with Gasteiger partial charge in [0.25, 0.3) is 0 Å². The first kappa shape index (κ1) is 11.8. The van der Waals surface area contributed by atoms with Crippen LogP contribution in [0.1, 0.15) is 19.5 Å². The quantitative estimate of drug-likeness (QED) is 0.655. The first-order valence-electron chi connectivity index (χ1n) is 4.56. The Morgan fingerprint density at radius 3 is 1.60 bits per heavy atom. The van der Waals surface area contributed by atoms with Crippen LogP contribution in [0.15, 0.2) is 21.1 Å². The molecule has 4 heteroatoms. The molecule has 0 saturated carbocycles. The van der Waals surface area contributed by atoms with Crippen molar-refractivity contribution < 1.29 is 0 Å². The van der Waals surface area contributed by atoms with Crippen LogP contribution in [0.4, 0.5) is 0 Å². The van der Waals surface area contributed by atoms with Gasteiger partial charge in [-0.25, -0.2) is 0 Å². The molecule has 0 amide bonds. The molecule has 2 heterocycles. The highest BCUT2D eigenvalue weighted by molar-refractivity contribution is 9.11. The standard InChI is InChI=1S/C11H10Br2S2/c1-6-3-8(12)10(14-6)5-11-9(13)4-7(2)15-11/h3-4H,5H2,1-2H3. The molecule has 0 radical (unpaired) electrons. The molecule has 2 aromatic heterocycles. The molecule has 0 unspecified atom stereocenters. The Kier molecular flexibility index (Phi) is 3.71. The predicted octanol–water partition coefficient (Wildman–Crippen LogP) is 5.54. The maximum atomic E-state index is 3.61. The van der Waals surface area contributed by atoms with E-state index in [1.54, 1.807) is 0 Å². The Bertz CT molecular complexity index is 438. The molecule has 0 saturated heterocycles. The number of rotatable bonds is 2. The number of thiophene rings is 2. The molecule has 2 aromatic rings. The normalized spacial score (nSPS) is 10.9. The molecular formula is C11H10Br2S2. The third kappa shape index (κ3) is 2.73. The number of halogens is 2. The van der Waals surface area contributed by atoms with Gasteiger partial charge in [0.2, 0.25) is 0 Å². The summed E-state index contributed by atoms with van der Waals surface area (Å²) in [6.45, 7) is 4.29. The third-order valence-electron chi connectivity index (χ3n) is 2.08. The van der Waals surface area contributed by atoms with Crippen LogP contribution in [0.2, 0.25) is 0 Å². The zero-order chi connectivity index (χ0) is 11.0. The van der Waals surface area contributed by atoms with Crippen molar-refractivity contribution >= 4 is 54.5 Å². The molecule has 15 heavy (non-hydrogen) atoms. The van der Waals surface area contributed by atoms with Crippen molar-refractivity contribution in [3.8, 4) is 0 Å². The van der Waals surface area contributed by atoms with Crippen molar-refractivity contribution in [1.29, 1.82) is 0 Å². The molecule has 0 aliphatic rings. The van der Waals surface area contributed by atoms with E-state index in [0.717, 1.165) is 6.42 Å². The second-order valence-corrected chi connectivity index (χ2v) is 7.82. The smallest absolute Gasteiger partial charge is 0.0320 e. The molecule has 0 aliphatic heterocycles. The van der Waals surface area contributed by atoms with Crippen molar-refractivity contribution in [2.75, 3.05) is 0 Å². The molecule has 0 aliphatic carbocycles. The molecule has 0 atom stereocenters. The van der Waals surface area contributed by atoms with Crippen LogP contribution in [0.5, 0.6) is 0 Å². The van der Waals surface area contributed by atoms with E-state index >= 15 is 0 Å². The van der Waals surface area contributed by atoms with Gasteiger partial charge in [0.1, 0.15) is 0 Å². The van der Waals surface area contributed by atoms with Gasteiger partial charge < -0.3 is 0 Å². The van der Waals surface area contributed by atoms with Gasteiger partial charge in [-0.2, -0.15) is 0 Å². The van der Waals surface area contributed by atoms with Crippen LogP contribution in [0.3, 0.4) is 0 Å². The van der Waals surface area contributed by atoms with Crippen LogP contribution in [0, 0.1) is 13.8 Å². The molecule has 0 bridgehead atoms. The van der Waals surface area contributed by atoms with Crippen LogP contribution < -0.4 is 0 Å². The van der Waals surface area contributed by atoms with E-state index in [-0.39, 0.29) is 0 Å². The number of hydrogen-bond donors (Lipinski definition) is 0. The average molecular weight is 366 g/mol. The minimum atomic E-state index is 1.03. The van der Waals surface area contributed by atoms with Gasteiger partial charge in [-0.3, -0.25) is 0 Å². The Labute approximate surface area is 115 Å². The first-order chi connectivity index (χ1) is 7.06. The Morgan fingerprint density at radius 1 is 0.933 bits per heavy atom. The minimum Gasteiger partial charge on any atom is -0.144 e. The Balaban J connectivity index is 2.29. The van der Waals surface area contributed by atoms with Crippen LogP contribution in [-0.4, -0.2) is 0 Å². The summed E-state index contributed by atoms with van der Waals surface area (Å²) in [5.41, 5.74) is 0. The van der Waals surface area contributed by atoms with E-state index in [2.05, 4.69) is 57.8 Å². The van der Waals surface area contributed by atoms with Gasteiger partial charge in [0.15, 0.2) is 0 Å². The van der Waals surface area contributed by atoms with Crippen LogP contribution >= 0.6 is 54.5 Å². The summed E-state index contributed by atoms with van der Waals surface area (Å²) < 4.78 is 2.48. The lowest BCUT2D eigenvalue weighted by Crippen LogP contribution is -1.80. The Hall–Kier alpha value is 0.360. The second kappa shape index (κ2) is 4.70. The van der Waals surface area contributed by atoms with Gasteiger partial charge in [0, 0.05) is 34.9 Å². The number of hydrogen-bond acceptors (Lipinski definition) is 2. The summed E-state index contributed by atoms with van der Waals surface area (Å²) in [6, 6.07) is 4.38. The zero-order valence-electron chi connectivity index (χ0n) is 8.43. The molecular weight excluding hydrogens is 356 g/mol. The summed E-state index contributed by atoms with van der Waals surface area (Å²) in [5.74, 6) is 0. The van der Waals surface area contributed by atoms with E-state index in [1.807, 2.05) is 22.7 Å². The fraction of sp³-hybridized carbons (Fsp3) is 0.273. The van der Waals surface area contributed by atoms with Crippen molar-refractivity contribution in [3.05, 3.63) is 40.6 Å². The van der Waals surface area contributed by atoms with Crippen molar-refractivity contribution in [3.63, 3.8) is 0 Å². The van der Waals surface area contributed by atoms with Gasteiger partial charge >= 0.3 is 0 Å². The summed E-state index contributed by atoms with van der Waals surface area (Å²) in [7, 11) is 0. The molecule has 0 spiro atoms. The highest BCUT2D eigenvalue weighted by atomic mass is 79.9. The van der Waals surface area contributed by atoms with Crippen LogP contribution in [0.25, 0.3) is 0 Å². The van der Waals surface area contributed by atoms with Gasteiger partial charge in [-0.05, 0) is 57.8 Å². The van der Waals surface area contributed by atoms with Crippen LogP contribution in [-0.2, 0) is 6.42 Å². The molecule has 0 N–H and O–H groups in total. The highest BCUT2D eigenvalue weighted by Gasteiger charge is 2.10. The second-order valence-electron chi connectivity index (χ2n) is 3.43. The molecule has 0 aromatic carbocycles. The summed E-state index contributed by atoms with van der Waals surface area (Å²) in [5, 5.41) is 0. The van der Waals surface area contributed by atoms with Crippen molar-refractivity contribution in [2.24, 2.45) is 0 Å². The summed E-state index contributed by atoms with van der Waals surface area (Å²) in [4.78, 5) is 5.55. The lowest BCUT2D eigenvalue weighted by Gasteiger charge is -1.96. The van der Waals surface area contributed by atoms with Crippen molar-refractivity contribution in [2.45, 2.75) is 20.3 Å². The molecule has 80 valence electrons. The van der Waals surface area contributed by atoms with Gasteiger partial charge in [-0.15, -0.1) is 22.7 Å². The summed E-state index contributed by atoms with van der Waals surface area (Å²) >= 11 is 10.9. The molecule has 0 fully saturated rings. The van der Waals surface area contributed by atoms with E-state index in [9.17, 15) is 0 Å². The monoisotopic (exact) mass is 364 g/mol. The summed E-state index contributed by atoms with van der Waals surface area (Å²) in [6.07, 6.45) is 1.03. The highest BCUT2D eigenvalue weighted by Crippen LogP contribution is 2.34. The average Bonchev–Trinajstić information content (AvgIpc) is 2.58.